The van der Waals surface area contributed by atoms with Gasteiger partial charge in [0.25, 0.3) is 0 Å². The van der Waals surface area contributed by atoms with E-state index in [-0.39, 0.29) is 11.9 Å². The minimum Gasteiger partial charge on any atom is -0.465 e. The summed E-state index contributed by atoms with van der Waals surface area (Å²) in [6, 6.07) is 0. The van der Waals surface area contributed by atoms with E-state index in [0.29, 0.717) is 26.1 Å². The molecule has 4 nitrogen and oxygen atoms in total. The Kier molecular flexibility index (Phi) is 22.7. The summed E-state index contributed by atoms with van der Waals surface area (Å²) in [5, 5.41) is 0. The molecular weight excluding hydrogens is 496 g/mol. The number of hydrogen-bond donors (Lipinski definition) is 0. The van der Waals surface area contributed by atoms with Crippen molar-refractivity contribution in [1.29, 1.82) is 0 Å². The molecule has 0 amide bonds. The van der Waals surface area contributed by atoms with Crippen molar-refractivity contribution < 1.29 is 19.1 Å². The van der Waals surface area contributed by atoms with Gasteiger partial charge in [0.05, 0.1) is 13.2 Å². The van der Waals surface area contributed by atoms with E-state index in [2.05, 4.69) is 27.7 Å². The van der Waals surface area contributed by atoms with Crippen molar-refractivity contribution in [1.82, 2.24) is 0 Å². The van der Waals surface area contributed by atoms with Gasteiger partial charge in [-0.05, 0) is 37.5 Å². The van der Waals surface area contributed by atoms with Crippen molar-refractivity contribution in [2.75, 3.05) is 13.2 Å². The fourth-order valence-electron chi connectivity index (χ4n) is 6.04. The third-order valence-corrected chi connectivity index (χ3v) is 8.81. The predicted octanol–water partition coefficient (Wildman–Crippen LogP) is 11.1. The number of carbonyl (C=O) groups excluding carboxylic acids is 2. The zero-order chi connectivity index (χ0) is 29.3. The molecule has 0 saturated heterocycles. The maximum Gasteiger partial charge on any atom is 0.323 e. The molecule has 0 atom stereocenters. The zero-order valence-corrected chi connectivity index (χ0v) is 27.4. The first-order chi connectivity index (χ1) is 19.4. The van der Waals surface area contributed by atoms with Crippen LogP contribution in [-0.4, -0.2) is 25.2 Å². The van der Waals surface area contributed by atoms with E-state index in [1.807, 2.05) is 0 Å². The van der Waals surface area contributed by atoms with E-state index in [0.717, 1.165) is 56.8 Å². The molecule has 4 heteroatoms. The van der Waals surface area contributed by atoms with E-state index in [9.17, 15) is 9.59 Å². The molecule has 1 fully saturated rings. The van der Waals surface area contributed by atoms with Crippen molar-refractivity contribution in [2.24, 2.45) is 17.3 Å². The van der Waals surface area contributed by atoms with Gasteiger partial charge in [-0.1, -0.05) is 163 Å². The largest absolute Gasteiger partial charge is 0.465 e. The van der Waals surface area contributed by atoms with Gasteiger partial charge in [0.15, 0.2) is 5.41 Å². The maximum atomic E-state index is 13.1. The van der Waals surface area contributed by atoms with Gasteiger partial charge in [-0.25, -0.2) is 0 Å². The molecule has 40 heavy (non-hydrogen) atoms. The molecule has 0 aliphatic heterocycles. The van der Waals surface area contributed by atoms with Crippen LogP contribution in [0.4, 0.5) is 0 Å². The van der Waals surface area contributed by atoms with Gasteiger partial charge in [-0.3, -0.25) is 9.59 Å². The molecule has 1 aliphatic carbocycles. The van der Waals surface area contributed by atoms with E-state index < -0.39 is 5.41 Å². The highest BCUT2D eigenvalue weighted by Gasteiger charge is 2.49. The molecule has 1 aliphatic rings. The smallest absolute Gasteiger partial charge is 0.323 e. The number of esters is 2. The lowest BCUT2D eigenvalue weighted by Gasteiger charge is -2.32. The van der Waals surface area contributed by atoms with Gasteiger partial charge in [-0.2, -0.15) is 0 Å². The van der Waals surface area contributed by atoms with Crippen LogP contribution >= 0.6 is 0 Å². The molecule has 0 N–H and O–H groups in total. The lowest BCUT2D eigenvalue weighted by Crippen LogP contribution is -2.43. The molecule has 0 heterocycles. The number of ether oxygens (including phenoxy) is 2. The quantitative estimate of drug-likeness (QED) is 0.0595. The first-order valence-corrected chi connectivity index (χ1v) is 17.7. The highest BCUT2D eigenvalue weighted by molar-refractivity contribution is 6.00. The molecule has 0 radical (unpaired) electrons. The summed E-state index contributed by atoms with van der Waals surface area (Å²) in [6.07, 6.45) is 29.2. The molecular formula is C36H68O4. The van der Waals surface area contributed by atoms with Crippen molar-refractivity contribution in [3.8, 4) is 0 Å². The van der Waals surface area contributed by atoms with Crippen LogP contribution in [-0.2, 0) is 19.1 Å². The summed E-state index contributed by atoms with van der Waals surface area (Å²) in [6.45, 7) is 10.1. The third-order valence-electron chi connectivity index (χ3n) is 8.81. The lowest BCUT2D eigenvalue weighted by atomic mass is 9.74. The van der Waals surface area contributed by atoms with E-state index in [4.69, 9.17) is 9.47 Å². The Morgan fingerprint density at radius 1 is 0.475 bits per heavy atom. The Hall–Kier alpha value is -1.06. The first kappa shape index (κ1) is 37.0. The van der Waals surface area contributed by atoms with Crippen LogP contribution in [0, 0.1) is 17.3 Å². The second kappa shape index (κ2) is 24.5. The standard InChI is InChI=1S/C36H68O4/c1-32(2)26-20-15-11-7-5-9-13-17-24-30-39-34(37)36(28-22-19-23-29-36)35(38)40-31-25-18-14-10-6-8-12-16-21-27-33(3)4/h32-33H,5-31H2,1-4H3. The molecule has 1 saturated carbocycles. The molecule has 0 aromatic carbocycles. The Balaban J connectivity index is 2.12. The minimum atomic E-state index is -1.05. The molecule has 236 valence electrons. The number of carbonyl (C=O) groups is 2. The number of rotatable bonds is 26. The van der Waals surface area contributed by atoms with Crippen molar-refractivity contribution in [2.45, 2.75) is 188 Å². The van der Waals surface area contributed by atoms with Gasteiger partial charge >= 0.3 is 11.9 Å². The Bertz CT molecular complexity index is 560. The SMILES string of the molecule is CC(C)CCCCCCCCCCCOC(=O)C1(C(=O)OCCCCCCCCCCCC(C)C)CCCCC1. The maximum absolute atomic E-state index is 13.1. The number of unbranched alkanes of at least 4 members (excludes halogenated alkanes) is 16. The summed E-state index contributed by atoms with van der Waals surface area (Å²) >= 11 is 0. The summed E-state index contributed by atoms with van der Waals surface area (Å²) in [7, 11) is 0. The lowest BCUT2D eigenvalue weighted by molar-refractivity contribution is -0.175. The predicted molar refractivity (Wildman–Crippen MR) is 169 cm³/mol. The second-order valence-corrected chi connectivity index (χ2v) is 13.6. The molecule has 0 aromatic rings. The molecule has 0 spiro atoms. The molecule has 1 rings (SSSR count). The van der Waals surface area contributed by atoms with Crippen molar-refractivity contribution in [3.05, 3.63) is 0 Å². The zero-order valence-electron chi connectivity index (χ0n) is 27.4. The summed E-state index contributed by atoms with van der Waals surface area (Å²) < 4.78 is 11.4. The van der Waals surface area contributed by atoms with Gasteiger partial charge in [0, 0.05) is 0 Å². The fraction of sp³-hybridized carbons (Fsp3) is 0.944. The van der Waals surface area contributed by atoms with Crippen LogP contribution in [0.2, 0.25) is 0 Å². The average Bonchev–Trinajstić information content (AvgIpc) is 2.93. The van der Waals surface area contributed by atoms with Crippen LogP contribution in [0.15, 0.2) is 0 Å². The van der Waals surface area contributed by atoms with Gasteiger partial charge < -0.3 is 9.47 Å². The van der Waals surface area contributed by atoms with Gasteiger partial charge in [0.1, 0.15) is 0 Å². The minimum absolute atomic E-state index is 0.327. The molecule has 0 unspecified atom stereocenters. The highest BCUT2D eigenvalue weighted by atomic mass is 16.6. The van der Waals surface area contributed by atoms with Crippen LogP contribution in [0.25, 0.3) is 0 Å². The highest BCUT2D eigenvalue weighted by Crippen LogP contribution is 2.39. The average molecular weight is 565 g/mol. The molecule has 0 aromatic heterocycles. The number of hydrogen-bond acceptors (Lipinski definition) is 4. The van der Waals surface area contributed by atoms with Gasteiger partial charge in [-0.15, -0.1) is 0 Å². The Morgan fingerprint density at radius 3 is 1.10 bits per heavy atom. The summed E-state index contributed by atoms with van der Waals surface area (Å²) in [4.78, 5) is 26.2. The van der Waals surface area contributed by atoms with Crippen LogP contribution < -0.4 is 0 Å². The summed E-state index contributed by atoms with van der Waals surface area (Å²) in [5.74, 6) is 1.01. The first-order valence-electron chi connectivity index (χ1n) is 17.7. The summed E-state index contributed by atoms with van der Waals surface area (Å²) in [5.41, 5.74) is -1.05. The monoisotopic (exact) mass is 565 g/mol. The third kappa shape index (κ3) is 18.4. The van der Waals surface area contributed by atoms with E-state index in [1.54, 1.807) is 0 Å². The fourth-order valence-corrected chi connectivity index (χ4v) is 6.04. The van der Waals surface area contributed by atoms with Crippen LogP contribution in [0.3, 0.4) is 0 Å². The van der Waals surface area contributed by atoms with Crippen LogP contribution in [0.1, 0.15) is 188 Å². The Morgan fingerprint density at radius 2 is 0.775 bits per heavy atom. The topological polar surface area (TPSA) is 52.6 Å². The molecule has 0 bridgehead atoms. The normalized spacial score (nSPS) is 15.1. The van der Waals surface area contributed by atoms with Crippen LogP contribution in [0.5, 0.6) is 0 Å². The second-order valence-electron chi connectivity index (χ2n) is 13.6. The van der Waals surface area contributed by atoms with Gasteiger partial charge in [0.2, 0.25) is 0 Å². The van der Waals surface area contributed by atoms with E-state index >= 15 is 0 Å². The Labute approximate surface area is 249 Å². The van der Waals surface area contributed by atoms with E-state index in [1.165, 1.54) is 103 Å². The van der Waals surface area contributed by atoms with Crippen molar-refractivity contribution in [3.63, 3.8) is 0 Å². The van der Waals surface area contributed by atoms with Crippen molar-refractivity contribution >= 4 is 11.9 Å².